The molecule has 0 heterocycles. The van der Waals surface area contributed by atoms with Gasteiger partial charge in [0.2, 0.25) is 5.91 Å². The van der Waals surface area contributed by atoms with Crippen LogP contribution in [0.15, 0.2) is 72.8 Å². The molecule has 3 nitrogen and oxygen atoms in total. The van der Waals surface area contributed by atoms with Crippen molar-refractivity contribution in [1.82, 2.24) is 0 Å². The van der Waals surface area contributed by atoms with Crippen LogP contribution in [-0.4, -0.2) is 5.91 Å². The maximum absolute atomic E-state index is 12.1. The molecule has 3 aromatic carbocycles. The molecule has 26 heavy (non-hydrogen) atoms. The summed E-state index contributed by atoms with van der Waals surface area (Å²) in [7, 11) is 0. The van der Waals surface area contributed by atoms with Gasteiger partial charge in [0.15, 0.2) is 0 Å². The zero-order valence-electron chi connectivity index (χ0n) is 15.2. The lowest BCUT2D eigenvalue weighted by atomic mass is 10.1. The van der Waals surface area contributed by atoms with Gasteiger partial charge in [0.05, 0.1) is 0 Å². The molecule has 3 heteroatoms. The third-order valence-electron chi connectivity index (χ3n) is 4.34. The summed E-state index contributed by atoms with van der Waals surface area (Å²) in [5, 5.41) is 2.93. The number of ether oxygens (including phenoxy) is 1. The second kappa shape index (κ2) is 8.34. The van der Waals surface area contributed by atoms with Gasteiger partial charge in [-0.1, -0.05) is 36.4 Å². The molecule has 0 saturated carbocycles. The van der Waals surface area contributed by atoms with E-state index in [1.807, 2.05) is 72.8 Å². The third kappa shape index (κ3) is 4.96. The number of carbonyl (C=O) groups excluding carboxylic acids is 1. The summed E-state index contributed by atoms with van der Waals surface area (Å²) in [6.45, 7) is 4.14. The Hall–Kier alpha value is -3.07. The number of anilines is 1. The van der Waals surface area contributed by atoms with Crippen molar-refractivity contribution in [3.8, 4) is 11.5 Å². The number of carbonyl (C=O) groups is 1. The maximum Gasteiger partial charge on any atom is 0.224 e. The SMILES string of the molecule is Cc1ccc(Oc2ccc(NC(=O)CCc3ccccc3)cc2)cc1C. The van der Waals surface area contributed by atoms with Gasteiger partial charge in [-0.3, -0.25) is 4.79 Å². The Morgan fingerprint density at radius 1 is 0.846 bits per heavy atom. The van der Waals surface area contributed by atoms with Crippen molar-refractivity contribution in [3.05, 3.63) is 89.5 Å². The van der Waals surface area contributed by atoms with E-state index in [1.54, 1.807) is 0 Å². The fraction of sp³-hybridized carbons (Fsp3) is 0.174. The Balaban J connectivity index is 1.53. The fourth-order valence-corrected chi connectivity index (χ4v) is 2.65. The zero-order chi connectivity index (χ0) is 18.4. The monoisotopic (exact) mass is 345 g/mol. The number of hydrogen-bond acceptors (Lipinski definition) is 2. The summed E-state index contributed by atoms with van der Waals surface area (Å²) < 4.78 is 5.87. The van der Waals surface area contributed by atoms with Crippen LogP contribution in [-0.2, 0) is 11.2 Å². The van der Waals surface area contributed by atoms with E-state index < -0.39 is 0 Å². The highest BCUT2D eigenvalue weighted by molar-refractivity contribution is 5.90. The Kier molecular flexibility index (Phi) is 5.69. The van der Waals surface area contributed by atoms with E-state index in [2.05, 4.69) is 19.2 Å². The average molecular weight is 345 g/mol. The second-order valence-electron chi connectivity index (χ2n) is 6.41. The molecule has 132 valence electrons. The number of aryl methyl sites for hydroxylation is 3. The summed E-state index contributed by atoms with van der Waals surface area (Å²) in [6, 6.07) is 23.5. The topological polar surface area (TPSA) is 38.3 Å². The molecule has 0 fully saturated rings. The van der Waals surface area contributed by atoms with Crippen molar-refractivity contribution >= 4 is 11.6 Å². The number of amides is 1. The number of rotatable bonds is 6. The van der Waals surface area contributed by atoms with E-state index in [1.165, 1.54) is 16.7 Å². The maximum atomic E-state index is 12.1. The number of hydrogen-bond donors (Lipinski definition) is 1. The lowest BCUT2D eigenvalue weighted by molar-refractivity contribution is -0.116. The smallest absolute Gasteiger partial charge is 0.224 e. The van der Waals surface area contributed by atoms with Gasteiger partial charge in [-0.15, -0.1) is 0 Å². The van der Waals surface area contributed by atoms with E-state index in [0.29, 0.717) is 6.42 Å². The first kappa shape index (κ1) is 17.7. The molecular weight excluding hydrogens is 322 g/mol. The molecule has 1 N–H and O–H groups in total. The third-order valence-corrected chi connectivity index (χ3v) is 4.34. The van der Waals surface area contributed by atoms with E-state index in [4.69, 9.17) is 4.74 Å². The molecule has 0 bridgehead atoms. The average Bonchev–Trinajstić information content (AvgIpc) is 2.65. The van der Waals surface area contributed by atoms with Crippen molar-refractivity contribution in [3.63, 3.8) is 0 Å². The first-order valence-corrected chi connectivity index (χ1v) is 8.79. The van der Waals surface area contributed by atoms with Crippen LogP contribution in [0.1, 0.15) is 23.1 Å². The Bertz CT molecular complexity index is 870. The van der Waals surface area contributed by atoms with E-state index >= 15 is 0 Å². The van der Waals surface area contributed by atoms with Crippen LogP contribution in [0, 0.1) is 13.8 Å². The van der Waals surface area contributed by atoms with Gasteiger partial charge in [-0.05, 0) is 73.4 Å². The number of nitrogens with one attached hydrogen (secondary N) is 1. The summed E-state index contributed by atoms with van der Waals surface area (Å²) in [4.78, 5) is 12.1. The second-order valence-corrected chi connectivity index (χ2v) is 6.41. The Labute approximate surface area is 154 Å². The standard InChI is InChI=1S/C23H23NO2/c1-17-8-12-22(16-18(17)2)26-21-13-10-20(11-14-21)24-23(25)15-9-19-6-4-3-5-7-19/h3-8,10-14,16H,9,15H2,1-2H3,(H,24,25). The summed E-state index contributed by atoms with van der Waals surface area (Å²) in [5.74, 6) is 1.57. The largest absolute Gasteiger partial charge is 0.457 e. The molecule has 3 aromatic rings. The van der Waals surface area contributed by atoms with Crippen LogP contribution in [0.5, 0.6) is 11.5 Å². The molecule has 3 rings (SSSR count). The minimum absolute atomic E-state index is 0.0108. The van der Waals surface area contributed by atoms with Crippen molar-refractivity contribution < 1.29 is 9.53 Å². The van der Waals surface area contributed by atoms with Crippen molar-refractivity contribution in [1.29, 1.82) is 0 Å². The van der Waals surface area contributed by atoms with Gasteiger partial charge < -0.3 is 10.1 Å². The first-order chi connectivity index (χ1) is 12.6. The summed E-state index contributed by atoms with van der Waals surface area (Å²) in [5.41, 5.74) is 4.38. The highest BCUT2D eigenvalue weighted by Crippen LogP contribution is 2.25. The van der Waals surface area contributed by atoms with Crippen LogP contribution >= 0.6 is 0 Å². The van der Waals surface area contributed by atoms with Crippen LogP contribution < -0.4 is 10.1 Å². The molecule has 0 aromatic heterocycles. The molecule has 1 amide bonds. The van der Waals surface area contributed by atoms with Crippen molar-refractivity contribution in [2.75, 3.05) is 5.32 Å². The van der Waals surface area contributed by atoms with Crippen LogP contribution in [0.25, 0.3) is 0 Å². The van der Waals surface area contributed by atoms with Gasteiger partial charge >= 0.3 is 0 Å². The van der Waals surface area contributed by atoms with Crippen molar-refractivity contribution in [2.24, 2.45) is 0 Å². The molecule has 0 unspecified atom stereocenters. The minimum Gasteiger partial charge on any atom is -0.457 e. The molecule has 0 radical (unpaired) electrons. The van der Waals surface area contributed by atoms with Gasteiger partial charge in [0, 0.05) is 12.1 Å². The van der Waals surface area contributed by atoms with Crippen LogP contribution in [0.3, 0.4) is 0 Å². The van der Waals surface area contributed by atoms with Crippen LogP contribution in [0.4, 0.5) is 5.69 Å². The molecular formula is C23H23NO2. The quantitative estimate of drug-likeness (QED) is 0.625. The van der Waals surface area contributed by atoms with Crippen molar-refractivity contribution in [2.45, 2.75) is 26.7 Å². The van der Waals surface area contributed by atoms with E-state index in [9.17, 15) is 4.79 Å². The predicted molar refractivity (Wildman–Crippen MR) is 106 cm³/mol. The highest BCUT2D eigenvalue weighted by Gasteiger charge is 2.04. The first-order valence-electron chi connectivity index (χ1n) is 8.79. The molecule has 0 spiro atoms. The molecule has 0 saturated heterocycles. The molecule has 0 aliphatic heterocycles. The zero-order valence-corrected chi connectivity index (χ0v) is 15.2. The summed E-state index contributed by atoms with van der Waals surface area (Å²) >= 11 is 0. The van der Waals surface area contributed by atoms with E-state index in [0.717, 1.165) is 23.6 Å². The Morgan fingerprint density at radius 3 is 2.23 bits per heavy atom. The van der Waals surface area contributed by atoms with Gasteiger partial charge in [-0.2, -0.15) is 0 Å². The highest BCUT2D eigenvalue weighted by atomic mass is 16.5. The predicted octanol–water partition coefficient (Wildman–Crippen LogP) is 5.67. The normalized spacial score (nSPS) is 10.4. The summed E-state index contributed by atoms with van der Waals surface area (Å²) in [6.07, 6.45) is 1.20. The fourth-order valence-electron chi connectivity index (χ4n) is 2.65. The minimum atomic E-state index is 0.0108. The Morgan fingerprint density at radius 2 is 1.54 bits per heavy atom. The van der Waals surface area contributed by atoms with E-state index in [-0.39, 0.29) is 5.91 Å². The van der Waals surface area contributed by atoms with Gasteiger partial charge in [0.1, 0.15) is 11.5 Å². The lowest BCUT2D eigenvalue weighted by Crippen LogP contribution is -2.12. The lowest BCUT2D eigenvalue weighted by Gasteiger charge is -2.09. The molecule has 0 aliphatic carbocycles. The van der Waals surface area contributed by atoms with Crippen LogP contribution in [0.2, 0.25) is 0 Å². The van der Waals surface area contributed by atoms with Gasteiger partial charge in [-0.25, -0.2) is 0 Å². The van der Waals surface area contributed by atoms with Gasteiger partial charge in [0.25, 0.3) is 0 Å². The molecule has 0 atom stereocenters. The number of benzene rings is 3. The molecule has 0 aliphatic rings.